The number of aryl methyl sites for hydroxylation is 2. The van der Waals surface area contributed by atoms with E-state index in [0.29, 0.717) is 12.3 Å². The maximum Gasteiger partial charge on any atom is 0.228 e. The van der Waals surface area contributed by atoms with E-state index in [0.717, 1.165) is 44.4 Å². The molecule has 28 heavy (non-hydrogen) atoms. The second-order valence-electron chi connectivity index (χ2n) is 8.74. The van der Waals surface area contributed by atoms with Crippen molar-refractivity contribution in [3.8, 4) is 5.88 Å². The minimum atomic E-state index is -0.237. The van der Waals surface area contributed by atoms with Crippen LogP contribution < -0.4 is 4.74 Å². The van der Waals surface area contributed by atoms with Gasteiger partial charge in [-0.2, -0.15) is 4.98 Å². The highest BCUT2D eigenvalue weighted by Crippen LogP contribution is 2.45. The normalized spacial score (nSPS) is 20.4. The molecule has 2 aromatic rings. The van der Waals surface area contributed by atoms with Crippen LogP contribution in [0.3, 0.4) is 0 Å². The number of carbonyl (C=O) groups excluding carboxylic acids is 1. The average molecular weight is 386 g/mol. The number of likely N-dealkylation sites (tertiary alicyclic amines) is 1. The van der Waals surface area contributed by atoms with Crippen LogP contribution in [0.2, 0.25) is 0 Å². The molecule has 2 aliphatic rings. The van der Waals surface area contributed by atoms with Gasteiger partial charge in [0, 0.05) is 43.2 Å². The number of hydrogen-bond acceptors (Lipinski definition) is 4. The fraction of sp³-hybridized carbons (Fsp3) is 0.636. The molecular weight excluding hydrogens is 354 g/mol. The van der Waals surface area contributed by atoms with Crippen molar-refractivity contribution < 1.29 is 14.6 Å². The van der Waals surface area contributed by atoms with Gasteiger partial charge in [-0.15, -0.1) is 0 Å². The number of amides is 1. The molecule has 4 rings (SSSR count). The van der Waals surface area contributed by atoms with E-state index in [1.54, 1.807) is 0 Å². The fourth-order valence-corrected chi connectivity index (χ4v) is 4.86. The van der Waals surface area contributed by atoms with Gasteiger partial charge in [0.05, 0.1) is 12.5 Å². The highest BCUT2D eigenvalue weighted by atomic mass is 16.5. The molecule has 1 spiro atoms. The number of nitrogens with zero attached hydrogens (tertiary/aromatic N) is 3. The first kappa shape index (κ1) is 19.2. The van der Waals surface area contributed by atoms with Crippen molar-refractivity contribution in [3.05, 3.63) is 23.9 Å². The third-order valence-electron chi connectivity index (χ3n) is 6.70. The molecule has 3 heterocycles. The summed E-state index contributed by atoms with van der Waals surface area (Å²) in [6.45, 7) is 5.68. The molecular formula is C22H31N3O3. The molecule has 2 fully saturated rings. The first-order chi connectivity index (χ1) is 13.4. The molecule has 1 N–H and O–H groups in total. The van der Waals surface area contributed by atoms with Gasteiger partial charge in [-0.05, 0) is 50.7 Å². The van der Waals surface area contributed by atoms with Gasteiger partial charge in [0.1, 0.15) is 11.8 Å². The van der Waals surface area contributed by atoms with Crippen LogP contribution in [0.25, 0.3) is 11.0 Å². The summed E-state index contributed by atoms with van der Waals surface area (Å²) in [4.78, 5) is 19.0. The molecule has 0 unspecified atom stereocenters. The Balaban J connectivity index is 1.32. The van der Waals surface area contributed by atoms with E-state index < -0.39 is 0 Å². The highest BCUT2D eigenvalue weighted by Gasteiger charge is 2.48. The molecule has 0 aromatic carbocycles. The van der Waals surface area contributed by atoms with E-state index in [4.69, 9.17) is 9.72 Å². The standard InChI is InChI=1S/C22H31N3O3/c1-4-16(12-26)21(27)25-13-22(14-25)9-7-17(8-10-22)28-19-6-5-18-15(2)11-24(3)20(18)23-19/h5-6,11,16-17,26H,4,7-10,12-14H2,1-3H3/t16-/m1/s1. The third-order valence-corrected chi connectivity index (χ3v) is 6.70. The van der Waals surface area contributed by atoms with Crippen LogP contribution in [0.15, 0.2) is 18.3 Å². The van der Waals surface area contributed by atoms with E-state index in [9.17, 15) is 9.90 Å². The third kappa shape index (κ3) is 3.39. The van der Waals surface area contributed by atoms with E-state index in [1.807, 2.05) is 29.5 Å². The molecule has 1 saturated heterocycles. The van der Waals surface area contributed by atoms with Crippen molar-refractivity contribution in [2.24, 2.45) is 18.4 Å². The van der Waals surface area contributed by atoms with Gasteiger partial charge >= 0.3 is 0 Å². The monoisotopic (exact) mass is 385 g/mol. The molecule has 0 radical (unpaired) electrons. The molecule has 6 heteroatoms. The van der Waals surface area contributed by atoms with Crippen molar-refractivity contribution in [2.45, 2.75) is 52.1 Å². The van der Waals surface area contributed by atoms with Crippen LogP contribution in [0.4, 0.5) is 0 Å². The number of aliphatic hydroxyl groups is 1. The van der Waals surface area contributed by atoms with Gasteiger partial charge in [0.15, 0.2) is 0 Å². The van der Waals surface area contributed by atoms with Crippen molar-refractivity contribution >= 4 is 16.9 Å². The Kier molecular flexibility index (Phi) is 5.08. The molecule has 1 atom stereocenters. The minimum absolute atomic E-state index is 0.0489. The second-order valence-corrected chi connectivity index (χ2v) is 8.74. The number of hydrogen-bond donors (Lipinski definition) is 1. The molecule has 1 aliphatic carbocycles. The number of carbonyl (C=O) groups is 1. The molecule has 1 saturated carbocycles. The van der Waals surface area contributed by atoms with Crippen molar-refractivity contribution in [1.82, 2.24) is 14.5 Å². The molecule has 152 valence electrons. The summed E-state index contributed by atoms with van der Waals surface area (Å²) >= 11 is 0. The lowest BCUT2D eigenvalue weighted by Gasteiger charge is -2.54. The first-order valence-corrected chi connectivity index (χ1v) is 10.4. The molecule has 1 aliphatic heterocycles. The number of pyridine rings is 1. The molecule has 6 nitrogen and oxygen atoms in total. The van der Waals surface area contributed by atoms with Crippen molar-refractivity contribution in [2.75, 3.05) is 19.7 Å². The van der Waals surface area contributed by atoms with E-state index in [1.165, 1.54) is 10.9 Å². The first-order valence-electron chi connectivity index (χ1n) is 10.4. The summed E-state index contributed by atoms with van der Waals surface area (Å²) in [6.07, 6.45) is 7.17. The van der Waals surface area contributed by atoms with Gasteiger partial charge in [0.2, 0.25) is 11.8 Å². The summed E-state index contributed by atoms with van der Waals surface area (Å²) in [5.41, 5.74) is 2.45. The quantitative estimate of drug-likeness (QED) is 0.859. The minimum Gasteiger partial charge on any atom is -0.474 e. The summed E-state index contributed by atoms with van der Waals surface area (Å²) in [5.74, 6) is 0.581. The Bertz CT molecular complexity index is 855. The fourth-order valence-electron chi connectivity index (χ4n) is 4.86. The van der Waals surface area contributed by atoms with E-state index >= 15 is 0 Å². The lowest BCUT2D eigenvalue weighted by atomic mass is 9.67. The SMILES string of the molecule is CC[C@H](CO)C(=O)N1CC2(CCC(Oc3ccc4c(C)cn(C)c4n3)CC2)C1. The van der Waals surface area contributed by atoms with E-state index in [-0.39, 0.29) is 30.0 Å². The predicted octanol–water partition coefficient (Wildman–Crippen LogP) is 3.05. The van der Waals surface area contributed by atoms with Crippen molar-refractivity contribution in [3.63, 3.8) is 0 Å². The lowest BCUT2D eigenvalue weighted by molar-refractivity contribution is -0.152. The van der Waals surface area contributed by atoms with Crippen LogP contribution >= 0.6 is 0 Å². The zero-order valence-corrected chi connectivity index (χ0v) is 17.1. The molecule has 1 amide bonds. The van der Waals surface area contributed by atoms with Crippen LogP contribution in [0.5, 0.6) is 5.88 Å². The largest absolute Gasteiger partial charge is 0.474 e. The second kappa shape index (κ2) is 7.39. The van der Waals surface area contributed by atoms with Crippen LogP contribution in [0.1, 0.15) is 44.6 Å². The Labute approximate surface area is 166 Å². The predicted molar refractivity (Wildman–Crippen MR) is 108 cm³/mol. The molecule has 2 aromatic heterocycles. The number of aliphatic hydroxyl groups excluding tert-OH is 1. The van der Waals surface area contributed by atoms with Gasteiger partial charge in [-0.25, -0.2) is 0 Å². The number of aromatic nitrogens is 2. The number of ether oxygens (including phenoxy) is 1. The summed E-state index contributed by atoms with van der Waals surface area (Å²) in [6, 6.07) is 4.07. The lowest BCUT2D eigenvalue weighted by Crippen LogP contribution is -2.61. The van der Waals surface area contributed by atoms with Crippen LogP contribution in [-0.2, 0) is 11.8 Å². The maximum absolute atomic E-state index is 12.4. The van der Waals surface area contributed by atoms with Gasteiger partial charge in [-0.3, -0.25) is 4.79 Å². The Hall–Kier alpha value is -2.08. The maximum atomic E-state index is 12.4. The zero-order chi connectivity index (χ0) is 19.9. The van der Waals surface area contributed by atoms with Crippen molar-refractivity contribution in [1.29, 1.82) is 0 Å². The zero-order valence-electron chi connectivity index (χ0n) is 17.1. The smallest absolute Gasteiger partial charge is 0.228 e. The van der Waals surface area contributed by atoms with Gasteiger partial charge in [-0.1, -0.05) is 6.92 Å². The highest BCUT2D eigenvalue weighted by molar-refractivity contribution is 5.81. The number of fused-ring (bicyclic) bond motifs is 1. The summed E-state index contributed by atoms with van der Waals surface area (Å²) in [5, 5.41) is 10.5. The van der Waals surface area contributed by atoms with Gasteiger partial charge < -0.3 is 19.3 Å². The average Bonchev–Trinajstić information content (AvgIpc) is 2.95. The Morgan fingerprint density at radius 3 is 2.71 bits per heavy atom. The number of rotatable bonds is 5. The summed E-state index contributed by atoms with van der Waals surface area (Å²) < 4.78 is 8.24. The Morgan fingerprint density at radius 1 is 1.36 bits per heavy atom. The Morgan fingerprint density at radius 2 is 2.07 bits per heavy atom. The van der Waals surface area contributed by atoms with Gasteiger partial charge in [0.25, 0.3) is 0 Å². The topological polar surface area (TPSA) is 67.6 Å². The molecule has 0 bridgehead atoms. The van der Waals surface area contributed by atoms with E-state index in [2.05, 4.69) is 19.2 Å². The van der Waals surface area contributed by atoms with Crippen LogP contribution in [0, 0.1) is 18.3 Å². The van der Waals surface area contributed by atoms with Crippen LogP contribution in [-0.4, -0.2) is 51.3 Å². The summed E-state index contributed by atoms with van der Waals surface area (Å²) in [7, 11) is 2.01.